The number of hydrogen-bond acceptors (Lipinski definition) is 4. The fraction of sp³-hybridized carbons (Fsp3) is 0.188. The van der Waals surface area contributed by atoms with Gasteiger partial charge in [-0.05, 0) is 38.1 Å². The summed E-state index contributed by atoms with van der Waals surface area (Å²) in [6.45, 7) is 3.74. The Kier molecular flexibility index (Phi) is 4.00. The van der Waals surface area contributed by atoms with Crippen LogP contribution in [0.4, 0.5) is 4.39 Å². The molecule has 0 radical (unpaired) electrons. The van der Waals surface area contributed by atoms with Crippen molar-refractivity contribution in [1.82, 2.24) is 14.8 Å². The molecular formula is C16H13ClFN3O2. The molecule has 0 saturated carbocycles. The molecule has 0 unspecified atom stereocenters. The molecule has 23 heavy (non-hydrogen) atoms. The zero-order valence-corrected chi connectivity index (χ0v) is 13.3. The number of aryl methyl sites for hydroxylation is 1. The van der Waals surface area contributed by atoms with Crippen molar-refractivity contribution < 1.29 is 13.9 Å². The Bertz CT molecular complexity index is 890. The van der Waals surface area contributed by atoms with Gasteiger partial charge in [-0.15, -0.1) is 0 Å². The van der Waals surface area contributed by atoms with Gasteiger partial charge < -0.3 is 4.74 Å². The van der Waals surface area contributed by atoms with E-state index in [-0.39, 0.29) is 23.0 Å². The van der Waals surface area contributed by atoms with Crippen LogP contribution in [0, 0.1) is 12.7 Å². The molecule has 5 nitrogen and oxygen atoms in total. The highest BCUT2D eigenvalue weighted by molar-refractivity contribution is 6.38. The molecule has 3 rings (SSSR count). The summed E-state index contributed by atoms with van der Waals surface area (Å²) in [5, 5.41) is 5.21. The van der Waals surface area contributed by atoms with E-state index in [1.165, 1.54) is 18.3 Å². The van der Waals surface area contributed by atoms with Gasteiger partial charge in [-0.25, -0.2) is 18.9 Å². The van der Waals surface area contributed by atoms with Gasteiger partial charge in [0.05, 0.1) is 34.0 Å². The number of nitrogens with zero attached hydrogens (tertiary/aromatic N) is 3. The normalized spacial score (nSPS) is 11.0. The summed E-state index contributed by atoms with van der Waals surface area (Å²) in [4.78, 5) is 16.2. The lowest BCUT2D eigenvalue weighted by Crippen LogP contribution is -2.06. The quantitative estimate of drug-likeness (QED) is 0.686. The fourth-order valence-corrected chi connectivity index (χ4v) is 2.67. The second-order valence-electron chi connectivity index (χ2n) is 4.88. The van der Waals surface area contributed by atoms with Crippen LogP contribution in [-0.4, -0.2) is 27.3 Å². The van der Waals surface area contributed by atoms with Gasteiger partial charge in [0.1, 0.15) is 5.82 Å². The maximum absolute atomic E-state index is 13.1. The summed E-state index contributed by atoms with van der Waals surface area (Å²) in [6, 6.07) is 5.87. The van der Waals surface area contributed by atoms with Crippen molar-refractivity contribution in [3.8, 4) is 5.69 Å². The van der Waals surface area contributed by atoms with Crippen LogP contribution in [-0.2, 0) is 4.74 Å². The van der Waals surface area contributed by atoms with E-state index in [1.807, 2.05) is 0 Å². The van der Waals surface area contributed by atoms with Gasteiger partial charge in [-0.3, -0.25) is 0 Å². The Hall–Kier alpha value is -2.47. The van der Waals surface area contributed by atoms with E-state index in [2.05, 4.69) is 10.1 Å². The van der Waals surface area contributed by atoms with Crippen LogP contribution >= 0.6 is 11.6 Å². The average molecular weight is 334 g/mol. The van der Waals surface area contributed by atoms with Crippen LogP contribution in [0.2, 0.25) is 5.02 Å². The van der Waals surface area contributed by atoms with E-state index < -0.39 is 5.97 Å². The van der Waals surface area contributed by atoms with Gasteiger partial charge in [0.25, 0.3) is 0 Å². The lowest BCUT2D eigenvalue weighted by atomic mass is 10.2. The number of hydrogen-bond donors (Lipinski definition) is 0. The smallest absolute Gasteiger partial charge is 0.341 e. The second kappa shape index (κ2) is 5.96. The number of carbonyl (C=O) groups is 1. The number of rotatable bonds is 3. The predicted octanol–water partition coefficient (Wildman–Crippen LogP) is 3.70. The second-order valence-corrected chi connectivity index (χ2v) is 5.26. The molecule has 7 heteroatoms. The highest BCUT2D eigenvalue weighted by atomic mass is 35.5. The van der Waals surface area contributed by atoms with Crippen LogP contribution in [0.3, 0.4) is 0 Å². The lowest BCUT2D eigenvalue weighted by molar-refractivity contribution is 0.0526. The minimum absolute atomic E-state index is 0.197. The Morgan fingerprint density at radius 1 is 1.35 bits per heavy atom. The maximum atomic E-state index is 13.1. The molecule has 0 N–H and O–H groups in total. The summed E-state index contributed by atoms with van der Waals surface area (Å²) in [7, 11) is 0. The Morgan fingerprint density at radius 2 is 2.04 bits per heavy atom. The largest absolute Gasteiger partial charge is 0.462 e. The van der Waals surface area contributed by atoms with Crippen LogP contribution in [0.25, 0.3) is 16.7 Å². The van der Waals surface area contributed by atoms with E-state index in [0.717, 1.165) is 0 Å². The van der Waals surface area contributed by atoms with Crippen LogP contribution < -0.4 is 0 Å². The van der Waals surface area contributed by atoms with Gasteiger partial charge >= 0.3 is 5.97 Å². The molecule has 0 aliphatic carbocycles. The first-order valence-electron chi connectivity index (χ1n) is 6.99. The molecule has 0 fully saturated rings. The van der Waals surface area contributed by atoms with Gasteiger partial charge in [0.15, 0.2) is 5.65 Å². The van der Waals surface area contributed by atoms with Gasteiger partial charge in [-0.2, -0.15) is 5.10 Å². The molecule has 3 aromatic rings. The van der Waals surface area contributed by atoms with Crippen LogP contribution in [0.15, 0.2) is 30.5 Å². The van der Waals surface area contributed by atoms with Crippen molar-refractivity contribution in [1.29, 1.82) is 0 Å². The number of esters is 1. The minimum atomic E-state index is -0.527. The SMILES string of the molecule is CCOC(=O)c1cnc2c(c(C)nn2-c2ccc(F)cc2)c1Cl. The number of aromatic nitrogens is 3. The lowest BCUT2D eigenvalue weighted by Gasteiger charge is -2.06. The predicted molar refractivity (Wildman–Crippen MR) is 84.5 cm³/mol. The van der Waals surface area contributed by atoms with E-state index in [1.54, 1.807) is 30.7 Å². The zero-order chi connectivity index (χ0) is 16.6. The van der Waals surface area contributed by atoms with Gasteiger partial charge in [0.2, 0.25) is 0 Å². The summed E-state index contributed by atoms with van der Waals surface area (Å²) in [5.41, 5.74) is 1.96. The van der Waals surface area contributed by atoms with E-state index in [4.69, 9.17) is 16.3 Å². The van der Waals surface area contributed by atoms with Crippen LogP contribution in [0.5, 0.6) is 0 Å². The number of halogens is 2. The third-order valence-corrected chi connectivity index (χ3v) is 3.77. The number of carbonyl (C=O) groups excluding carboxylic acids is 1. The molecule has 2 aromatic heterocycles. The number of benzene rings is 1. The summed E-state index contributed by atoms with van der Waals surface area (Å²) in [5.74, 6) is -0.863. The number of ether oxygens (including phenoxy) is 1. The molecule has 118 valence electrons. The fourth-order valence-electron chi connectivity index (χ4n) is 2.32. The van der Waals surface area contributed by atoms with Crippen LogP contribution in [0.1, 0.15) is 23.0 Å². The van der Waals surface area contributed by atoms with Crippen molar-refractivity contribution in [3.63, 3.8) is 0 Å². The molecule has 0 saturated heterocycles. The number of pyridine rings is 1. The van der Waals surface area contributed by atoms with Crippen molar-refractivity contribution in [2.45, 2.75) is 13.8 Å². The molecule has 2 heterocycles. The monoisotopic (exact) mass is 333 g/mol. The summed E-state index contributed by atoms with van der Waals surface area (Å²) in [6.07, 6.45) is 1.36. The third kappa shape index (κ3) is 2.66. The van der Waals surface area contributed by atoms with E-state index in [0.29, 0.717) is 22.4 Å². The molecule has 0 atom stereocenters. The summed E-state index contributed by atoms with van der Waals surface area (Å²) < 4.78 is 19.6. The molecule has 1 aromatic carbocycles. The summed E-state index contributed by atoms with van der Waals surface area (Å²) >= 11 is 6.35. The topological polar surface area (TPSA) is 57.0 Å². The average Bonchev–Trinajstić information content (AvgIpc) is 2.86. The first-order chi connectivity index (χ1) is 11.0. The highest BCUT2D eigenvalue weighted by Gasteiger charge is 2.20. The molecule has 0 bridgehead atoms. The molecule has 0 aliphatic rings. The first kappa shape index (κ1) is 15.4. The zero-order valence-electron chi connectivity index (χ0n) is 12.5. The Balaban J connectivity index is 2.19. The third-order valence-electron chi connectivity index (χ3n) is 3.37. The Labute approximate surface area is 136 Å². The van der Waals surface area contributed by atoms with Crippen molar-refractivity contribution in [2.75, 3.05) is 6.61 Å². The maximum Gasteiger partial charge on any atom is 0.341 e. The van der Waals surface area contributed by atoms with E-state index in [9.17, 15) is 9.18 Å². The Morgan fingerprint density at radius 3 is 2.70 bits per heavy atom. The van der Waals surface area contributed by atoms with Gasteiger partial charge in [0, 0.05) is 6.20 Å². The highest BCUT2D eigenvalue weighted by Crippen LogP contribution is 2.30. The van der Waals surface area contributed by atoms with Crippen molar-refractivity contribution >= 4 is 28.6 Å². The van der Waals surface area contributed by atoms with Crippen molar-refractivity contribution in [2.24, 2.45) is 0 Å². The standard InChI is InChI=1S/C16H13ClFN3O2/c1-3-23-16(22)12-8-19-15-13(14(12)17)9(2)20-21(15)11-6-4-10(18)5-7-11/h4-8H,3H2,1-2H3. The van der Waals surface area contributed by atoms with Crippen molar-refractivity contribution in [3.05, 3.63) is 52.6 Å². The minimum Gasteiger partial charge on any atom is -0.462 e. The molecule has 0 spiro atoms. The molecule has 0 amide bonds. The van der Waals surface area contributed by atoms with E-state index >= 15 is 0 Å². The first-order valence-corrected chi connectivity index (χ1v) is 7.37. The number of fused-ring (bicyclic) bond motifs is 1. The molecular weight excluding hydrogens is 321 g/mol. The molecule has 0 aliphatic heterocycles. The van der Waals surface area contributed by atoms with Gasteiger partial charge in [-0.1, -0.05) is 11.6 Å².